The molecule has 0 aliphatic carbocycles. The monoisotopic (exact) mass is 344 g/mol. The van der Waals surface area contributed by atoms with Gasteiger partial charge in [-0.3, -0.25) is 9.69 Å². The lowest BCUT2D eigenvalue weighted by Crippen LogP contribution is -2.48. The minimum Gasteiger partial charge on any atom is -0.392 e. The number of rotatable bonds is 6. The first-order valence-corrected chi connectivity index (χ1v) is 8.39. The minimum absolute atomic E-state index is 0.0436. The predicted octanol–water partition coefficient (Wildman–Crippen LogP) is 0.349. The van der Waals surface area contributed by atoms with Crippen LogP contribution in [0.3, 0.4) is 0 Å². The first-order valence-electron chi connectivity index (χ1n) is 8.39. The van der Waals surface area contributed by atoms with E-state index >= 15 is 0 Å². The number of nitrogens with zero attached hydrogens (tertiary/aromatic N) is 3. The highest BCUT2D eigenvalue weighted by Gasteiger charge is 2.25. The highest BCUT2D eigenvalue weighted by atomic mass is 16.5. The smallest absolute Gasteiger partial charge is 0.231 e. The Hall–Kier alpha value is -2.22. The molecule has 2 heterocycles. The van der Waals surface area contributed by atoms with Gasteiger partial charge in [-0.15, -0.1) is 0 Å². The van der Waals surface area contributed by atoms with Crippen LogP contribution in [0, 0.1) is 0 Å². The molecule has 0 unspecified atom stereocenters. The van der Waals surface area contributed by atoms with Crippen LogP contribution in [0.15, 0.2) is 30.3 Å². The number of likely N-dealkylation sites (N-methyl/N-ethyl adjacent to an activating group) is 1. The van der Waals surface area contributed by atoms with E-state index in [0.717, 1.165) is 22.3 Å². The Morgan fingerprint density at radius 3 is 3.04 bits per heavy atom. The number of anilines is 1. The number of pyridine rings is 1. The maximum Gasteiger partial charge on any atom is 0.231 e. The summed E-state index contributed by atoms with van der Waals surface area (Å²) in [5.41, 5.74) is 6.95. The summed E-state index contributed by atoms with van der Waals surface area (Å²) in [5, 5.41) is 10.8. The standard InChI is InChI=1S/C18H24N4O3/c1-21(11-17(19)24)9-15-10-22(6-7-25-15)18-14(12-23)8-13-4-2-3-5-16(13)20-18/h2-5,8,15,23H,6-7,9-12H2,1H3,(H2,19,24)/t15-/m0/s1. The Bertz CT molecular complexity index is 752. The molecule has 7 heteroatoms. The van der Waals surface area contributed by atoms with E-state index in [4.69, 9.17) is 15.5 Å². The number of primary amides is 1. The molecule has 1 fully saturated rings. The number of amides is 1. The molecule has 0 radical (unpaired) electrons. The fourth-order valence-electron chi connectivity index (χ4n) is 3.24. The van der Waals surface area contributed by atoms with Crippen LogP contribution in [-0.4, -0.2) is 66.8 Å². The second-order valence-electron chi connectivity index (χ2n) is 6.42. The fourth-order valence-corrected chi connectivity index (χ4v) is 3.24. The van der Waals surface area contributed by atoms with Gasteiger partial charge in [-0.25, -0.2) is 4.98 Å². The zero-order valence-corrected chi connectivity index (χ0v) is 14.4. The highest BCUT2D eigenvalue weighted by Crippen LogP contribution is 2.25. The molecule has 2 aromatic rings. The summed E-state index contributed by atoms with van der Waals surface area (Å²) in [5.74, 6) is 0.445. The van der Waals surface area contributed by atoms with Gasteiger partial charge < -0.3 is 20.5 Å². The molecule has 1 atom stereocenters. The van der Waals surface area contributed by atoms with Crippen molar-refractivity contribution in [3.05, 3.63) is 35.9 Å². The van der Waals surface area contributed by atoms with Gasteiger partial charge in [-0.2, -0.15) is 0 Å². The van der Waals surface area contributed by atoms with Crippen LogP contribution in [0.25, 0.3) is 10.9 Å². The van der Waals surface area contributed by atoms with Gasteiger partial charge in [0, 0.05) is 30.6 Å². The zero-order valence-electron chi connectivity index (χ0n) is 14.4. The number of aliphatic hydroxyl groups is 1. The number of hydrogen-bond acceptors (Lipinski definition) is 6. The molecular formula is C18H24N4O3. The molecule has 1 saturated heterocycles. The van der Waals surface area contributed by atoms with Gasteiger partial charge >= 0.3 is 0 Å². The number of carbonyl (C=O) groups excluding carboxylic acids is 1. The van der Waals surface area contributed by atoms with Gasteiger partial charge in [0.2, 0.25) is 5.91 Å². The van der Waals surface area contributed by atoms with Gasteiger partial charge in [-0.1, -0.05) is 18.2 Å². The molecule has 0 bridgehead atoms. The maximum absolute atomic E-state index is 11.0. The summed E-state index contributed by atoms with van der Waals surface area (Å²) in [6, 6.07) is 9.87. The lowest BCUT2D eigenvalue weighted by Gasteiger charge is -2.36. The van der Waals surface area contributed by atoms with Crippen molar-refractivity contribution in [2.45, 2.75) is 12.7 Å². The van der Waals surface area contributed by atoms with Crippen molar-refractivity contribution in [2.75, 3.05) is 44.7 Å². The Morgan fingerprint density at radius 1 is 1.48 bits per heavy atom. The molecule has 1 aliphatic rings. The average molecular weight is 344 g/mol. The number of para-hydroxylation sites is 1. The molecule has 3 N–H and O–H groups in total. The fraction of sp³-hybridized carbons (Fsp3) is 0.444. The molecule has 0 spiro atoms. The van der Waals surface area contributed by atoms with E-state index < -0.39 is 0 Å². The number of benzene rings is 1. The number of aromatic nitrogens is 1. The van der Waals surface area contributed by atoms with Gasteiger partial charge in [-0.05, 0) is 19.2 Å². The number of nitrogens with two attached hydrogens (primary N) is 1. The van der Waals surface area contributed by atoms with E-state index in [1.54, 1.807) is 0 Å². The zero-order chi connectivity index (χ0) is 17.8. The third-order valence-corrected chi connectivity index (χ3v) is 4.33. The Labute approximate surface area is 147 Å². The lowest BCUT2D eigenvalue weighted by molar-refractivity contribution is -0.119. The topological polar surface area (TPSA) is 91.9 Å². The van der Waals surface area contributed by atoms with E-state index in [-0.39, 0.29) is 25.2 Å². The Balaban J connectivity index is 1.78. The molecule has 7 nitrogen and oxygen atoms in total. The summed E-state index contributed by atoms with van der Waals surface area (Å²) in [7, 11) is 1.85. The van der Waals surface area contributed by atoms with Gasteiger partial charge in [0.1, 0.15) is 5.82 Å². The predicted molar refractivity (Wildman–Crippen MR) is 96.3 cm³/mol. The van der Waals surface area contributed by atoms with Crippen LogP contribution in [0.1, 0.15) is 5.56 Å². The van der Waals surface area contributed by atoms with Crippen molar-refractivity contribution >= 4 is 22.6 Å². The quantitative estimate of drug-likeness (QED) is 0.786. The number of hydrogen-bond donors (Lipinski definition) is 2. The summed E-state index contributed by atoms with van der Waals surface area (Å²) in [6.45, 7) is 2.71. The second kappa shape index (κ2) is 7.77. The van der Waals surface area contributed by atoms with Crippen molar-refractivity contribution in [1.82, 2.24) is 9.88 Å². The van der Waals surface area contributed by atoms with Crippen LogP contribution in [-0.2, 0) is 16.1 Å². The van der Waals surface area contributed by atoms with E-state index in [9.17, 15) is 9.90 Å². The van der Waals surface area contributed by atoms with Crippen LogP contribution in [0.2, 0.25) is 0 Å². The molecule has 1 aromatic carbocycles. The molecule has 25 heavy (non-hydrogen) atoms. The van der Waals surface area contributed by atoms with Crippen LogP contribution in [0.4, 0.5) is 5.82 Å². The number of carbonyl (C=O) groups is 1. The highest BCUT2D eigenvalue weighted by molar-refractivity contribution is 5.81. The number of aliphatic hydroxyl groups excluding tert-OH is 1. The van der Waals surface area contributed by atoms with Crippen molar-refractivity contribution in [1.29, 1.82) is 0 Å². The third-order valence-electron chi connectivity index (χ3n) is 4.33. The third kappa shape index (κ3) is 4.25. The van der Waals surface area contributed by atoms with Gasteiger partial charge in [0.15, 0.2) is 0 Å². The second-order valence-corrected chi connectivity index (χ2v) is 6.42. The van der Waals surface area contributed by atoms with Gasteiger partial charge in [0.05, 0.1) is 31.4 Å². The lowest BCUT2D eigenvalue weighted by atomic mass is 10.1. The molecular weight excluding hydrogens is 320 g/mol. The van der Waals surface area contributed by atoms with Crippen LogP contribution in [0.5, 0.6) is 0 Å². The number of ether oxygens (including phenoxy) is 1. The molecule has 1 amide bonds. The average Bonchev–Trinajstić information content (AvgIpc) is 2.60. The first kappa shape index (κ1) is 17.6. The largest absolute Gasteiger partial charge is 0.392 e. The van der Waals surface area contributed by atoms with E-state index in [1.807, 2.05) is 42.3 Å². The molecule has 3 rings (SSSR count). The number of morpholine rings is 1. The summed E-state index contributed by atoms with van der Waals surface area (Å²) in [4.78, 5) is 19.8. The summed E-state index contributed by atoms with van der Waals surface area (Å²) in [6.07, 6.45) is -0.0436. The van der Waals surface area contributed by atoms with Crippen LogP contribution >= 0.6 is 0 Å². The van der Waals surface area contributed by atoms with Gasteiger partial charge in [0.25, 0.3) is 0 Å². The molecule has 1 aromatic heterocycles. The maximum atomic E-state index is 11.0. The first-order chi connectivity index (χ1) is 12.1. The SMILES string of the molecule is CN(CC(N)=O)C[C@H]1CN(c2nc3ccccc3cc2CO)CCO1. The molecule has 0 saturated carbocycles. The van der Waals surface area contributed by atoms with Crippen molar-refractivity contribution < 1.29 is 14.6 Å². The molecule has 134 valence electrons. The number of fused-ring (bicyclic) bond motifs is 1. The Kier molecular flexibility index (Phi) is 5.47. The van der Waals surface area contributed by atoms with E-state index in [2.05, 4.69) is 4.90 Å². The van der Waals surface area contributed by atoms with Crippen LogP contribution < -0.4 is 10.6 Å². The summed E-state index contributed by atoms with van der Waals surface area (Å²) < 4.78 is 5.82. The summed E-state index contributed by atoms with van der Waals surface area (Å²) >= 11 is 0. The van der Waals surface area contributed by atoms with E-state index in [1.165, 1.54) is 0 Å². The normalized spacial score (nSPS) is 18.0. The minimum atomic E-state index is -0.353. The Morgan fingerprint density at radius 2 is 2.28 bits per heavy atom. The van der Waals surface area contributed by atoms with Crippen molar-refractivity contribution in [3.63, 3.8) is 0 Å². The van der Waals surface area contributed by atoms with E-state index in [0.29, 0.717) is 26.2 Å². The molecule has 1 aliphatic heterocycles. The van der Waals surface area contributed by atoms with Crippen molar-refractivity contribution in [3.8, 4) is 0 Å². The van der Waals surface area contributed by atoms with Crippen molar-refractivity contribution in [2.24, 2.45) is 5.73 Å².